The third-order valence-corrected chi connectivity index (χ3v) is 4.65. The molecule has 0 bridgehead atoms. The number of likely N-dealkylation sites (tertiary alicyclic amines) is 1. The van der Waals surface area contributed by atoms with E-state index in [4.69, 9.17) is 4.74 Å². The fourth-order valence-corrected chi connectivity index (χ4v) is 3.08. The van der Waals surface area contributed by atoms with Crippen LogP contribution in [-0.4, -0.2) is 50.0 Å². The Balaban J connectivity index is 1.54. The molecule has 0 radical (unpaired) electrons. The molecule has 1 aliphatic heterocycles. The molecule has 9 heteroatoms. The number of rotatable bonds is 5. The zero-order chi connectivity index (χ0) is 18.5. The molecule has 1 fully saturated rings. The molecule has 0 aromatic carbocycles. The van der Waals surface area contributed by atoms with E-state index in [-0.39, 0.29) is 23.9 Å². The molecular formula is C17H20BrN5O3. The number of hydrogen-bond donors (Lipinski definition) is 0. The second-order valence-corrected chi connectivity index (χ2v) is 7.25. The molecule has 26 heavy (non-hydrogen) atoms. The predicted octanol–water partition coefficient (Wildman–Crippen LogP) is 1.42. The van der Waals surface area contributed by atoms with Gasteiger partial charge in [0.25, 0.3) is 5.56 Å². The van der Waals surface area contributed by atoms with Gasteiger partial charge in [-0.2, -0.15) is 0 Å². The monoisotopic (exact) mass is 421 g/mol. The lowest BCUT2D eigenvalue weighted by molar-refractivity contribution is -0.134. The number of halogens is 1. The van der Waals surface area contributed by atoms with E-state index >= 15 is 0 Å². The molecule has 8 nitrogen and oxygen atoms in total. The smallest absolute Gasteiger partial charge is 0.316 e. The van der Waals surface area contributed by atoms with E-state index in [1.165, 1.54) is 17.0 Å². The minimum atomic E-state index is -0.213. The van der Waals surface area contributed by atoms with Crippen molar-refractivity contribution in [2.45, 2.75) is 26.3 Å². The topological polar surface area (TPSA) is 90.2 Å². The van der Waals surface area contributed by atoms with Crippen molar-refractivity contribution < 1.29 is 9.53 Å². The molecule has 0 saturated carbocycles. The minimum Gasteiger partial charge on any atom is -0.463 e. The largest absolute Gasteiger partial charge is 0.463 e. The number of ether oxygens (including phenoxy) is 1. The summed E-state index contributed by atoms with van der Waals surface area (Å²) in [6, 6.07) is 1.76. The van der Waals surface area contributed by atoms with E-state index in [1.807, 2.05) is 0 Å². The predicted molar refractivity (Wildman–Crippen MR) is 97.8 cm³/mol. The average Bonchev–Trinajstić information content (AvgIpc) is 2.64. The fraction of sp³-hybridized carbons (Fsp3) is 0.471. The lowest BCUT2D eigenvalue weighted by Gasteiger charge is -2.32. The minimum absolute atomic E-state index is 0.00944. The third-order valence-electron chi connectivity index (χ3n) is 4.24. The Bertz CT molecular complexity index is 824. The summed E-state index contributed by atoms with van der Waals surface area (Å²) in [4.78, 5) is 38.5. The van der Waals surface area contributed by atoms with Crippen molar-refractivity contribution in [1.82, 2.24) is 24.4 Å². The zero-order valence-corrected chi connectivity index (χ0v) is 16.1. The lowest BCUT2D eigenvalue weighted by atomic mass is 9.99. The number of hydrogen-bond acceptors (Lipinski definition) is 6. The normalized spacial score (nSPS) is 17.2. The first-order valence-corrected chi connectivity index (χ1v) is 9.22. The van der Waals surface area contributed by atoms with E-state index in [0.29, 0.717) is 31.4 Å². The molecule has 3 heterocycles. The molecule has 2 aromatic rings. The van der Waals surface area contributed by atoms with Gasteiger partial charge in [0, 0.05) is 43.2 Å². The fourth-order valence-electron chi connectivity index (χ4n) is 2.88. The first-order chi connectivity index (χ1) is 12.5. The Kier molecular flexibility index (Phi) is 5.97. The van der Waals surface area contributed by atoms with Crippen LogP contribution in [0, 0.1) is 12.8 Å². The molecular weight excluding hydrogens is 402 g/mol. The van der Waals surface area contributed by atoms with E-state index in [0.717, 1.165) is 17.3 Å². The van der Waals surface area contributed by atoms with E-state index in [2.05, 4.69) is 30.9 Å². The van der Waals surface area contributed by atoms with Crippen LogP contribution < -0.4 is 10.3 Å². The van der Waals surface area contributed by atoms with Gasteiger partial charge < -0.3 is 9.64 Å². The van der Waals surface area contributed by atoms with Crippen LogP contribution in [0.1, 0.15) is 18.5 Å². The maximum Gasteiger partial charge on any atom is 0.316 e. The number of aromatic nitrogens is 4. The number of amides is 1. The maximum absolute atomic E-state index is 12.5. The van der Waals surface area contributed by atoms with Crippen LogP contribution in [0.2, 0.25) is 0 Å². The van der Waals surface area contributed by atoms with Gasteiger partial charge in [0.1, 0.15) is 6.54 Å². The van der Waals surface area contributed by atoms with Crippen LogP contribution in [-0.2, 0) is 11.3 Å². The summed E-state index contributed by atoms with van der Waals surface area (Å²) < 4.78 is 7.76. The quantitative estimate of drug-likeness (QED) is 0.724. The first kappa shape index (κ1) is 18.5. The molecule has 0 aliphatic carbocycles. The Hall–Kier alpha value is -2.29. The molecule has 1 amide bonds. The lowest BCUT2D eigenvalue weighted by Crippen LogP contribution is -2.44. The summed E-state index contributed by atoms with van der Waals surface area (Å²) >= 11 is 3.28. The maximum atomic E-state index is 12.5. The second kappa shape index (κ2) is 8.39. The van der Waals surface area contributed by atoms with Gasteiger partial charge in [0.2, 0.25) is 5.91 Å². The number of aryl methyl sites for hydroxylation is 1. The molecule has 3 rings (SSSR count). The summed E-state index contributed by atoms with van der Waals surface area (Å²) in [7, 11) is 0. The number of carbonyl (C=O) groups excluding carboxylic acids is 1. The van der Waals surface area contributed by atoms with Crippen molar-refractivity contribution in [3.05, 3.63) is 45.3 Å². The van der Waals surface area contributed by atoms with Crippen molar-refractivity contribution in [2.24, 2.45) is 5.92 Å². The second-order valence-electron chi connectivity index (χ2n) is 6.34. The van der Waals surface area contributed by atoms with Crippen LogP contribution in [0.15, 0.2) is 34.1 Å². The summed E-state index contributed by atoms with van der Waals surface area (Å²) in [5.74, 6) is 0.134. The Morgan fingerprint density at radius 3 is 2.85 bits per heavy atom. The highest BCUT2D eigenvalue weighted by atomic mass is 79.9. The van der Waals surface area contributed by atoms with Gasteiger partial charge in [-0.25, -0.2) is 15.0 Å². The van der Waals surface area contributed by atoms with Crippen LogP contribution >= 0.6 is 15.9 Å². The SMILES string of the molecule is Cc1cc(=O)n(CC(=O)N2CCCC(COc3ncc(Br)cn3)C2)cn1. The Labute approximate surface area is 159 Å². The summed E-state index contributed by atoms with van der Waals surface area (Å²) in [6.45, 7) is 3.51. The highest BCUT2D eigenvalue weighted by molar-refractivity contribution is 9.10. The molecule has 1 saturated heterocycles. The molecule has 0 N–H and O–H groups in total. The van der Waals surface area contributed by atoms with Gasteiger partial charge in [0.15, 0.2) is 0 Å². The molecule has 1 atom stereocenters. The Morgan fingerprint density at radius 2 is 2.12 bits per heavy atom. The van der Waals surface area contributed by atoms with Gasteiger partial charge in [-0.05, 0) is 35.7 Å². The van der Waals surface area contributed by atoms with Gasteiger partial charge in [-0.1, -0.05) is 0 Å². The molecule has 138 valence electrons. The van der Waals surface area contributed by atoms with Crippen molar-refractivity contribution >= 4 is 21.8 Å². The van der Waals surface area contributed by atoms with Crippen molar-refractivity contribution in [1.29, 1.82) is 0 Å². The first-order valence-electron chi connectivity index (χ1n) is 8.42. The standard InChI is InChI=1S/C17H20BrN5O3/c1-12-5-15(24)23(11-21-12)9-16(25)22-4-2-3-13(8-22)10-26-17-19-6-14(18)7-20-17/h5-7,11,13H,2-4,8-10H2,1H3. The zero-order valence-electron chi connectivity index (χ0n) is 14.5. The van der Waals surface area contributed by atoms with E-state index in [1.54, 1.807) is 24.2 Å². The highest BCUT2D eigenvalue weighted by Gasteiger charge is 2.24. The van der Waals surface area contributed by atoms with E-state index < -0.39 is 0 Å². The van der Waals surface area contributed by atoms with Crippen molar-refractivity contribution in [2.75, 3.05) is 19.7 Å². The summed E-state index contributed by atoms with van der Waals surface area (Å²) in [5.41, 5.74) is 0.430. The summed E-state index contributed by atoms with van der Waals surface area (Å²) in [5, 5.41) is 0. The van der Waals surface area contributed by atoms with Gasteiger partial charge in [-0.3, -0.25) is 14.2 Å². The number of piperidine rings is 1. The van der Waals surface area contributed by atoms with Crippen LogP contribution in [0.5, 0.6) is 6.01 Å². The molecule has 1 unspecified atom stereocenters. The summed E-state index contributed by atoms with van der Waals surface area (Å²) in [6.07, 6.45) is 6.57. The highest BCUT2D eigenvalue weighted by Crippen LogP contribution is 2.18. The van der Waals surface area contributed by atoms with Crippen molar-refractivity contribution in [3.63, 3.8) is 0 Å². The van der Waals surface area contributed by atoms with Gasteiger partial charge >= 0.3 is 6.01 Å². The van der Waals surface area contributed by atoms with Crippen molar-refractivity contribution in [3.8, 4) is 6.01 Å². The Morgan fingerprint density at radius 1 is 1.35 bits per heavy atom. The third kappa shape index (κ3) is 4.87. The molecule has 2 aromatic heterocycles. The van der Waals surface area contributed by atoms with E-state index in [9.17, 15) is 9.59 Å². The van der Waals surface area contributed by atoms with Gasteiger partial charge in [0.05, 0.1) is 17.4 Å². The van der Waals surface area contributed by atoms with Gasteiger partial charge in [-0.15, -0.1) is 0 Å². The van der Waals surface area contributed by atoms with Crippen LogP contribution in [0.4, 0.5) is 0 Å². The average molecular weight is 422 g/mol. The van der Waals surface area contributed by atoms with Crippen LogP contribution in [0.25, 0.3) is 0 Å². The number of nitrogens with zero attached hydrogens (tertiary/aromatic N) is 5. The molecule has 1 aliphatic rings. The number of carbonyl (C=O) groups is 1. The molecule has 0 spiro atoms. The van der Waals surface area contributed by atoms with Crippen LogP contribution in [0.3, 0.4) is 0 Å².